The number of carbonyl (C=O) groups excluding carboxylic acids is 3. The number of rotatable bonds is 8. The molecule has 0 spiro atoms. The number of hydrogen-bond acceptors (Lipinski definition) is 7. The van der Waals surface area contributed by atoms with Crippen LogP contribution in [0.5, 0.6) is 0 Å². The van der Waals surface area contributed by atoms with Crippen molar-refractivity contribution in [3.63, 3.8) is 0 Å². The van der Waals surface area contributed by atoms with E-state index in [1.165, 1.54) is 54.6 Å². The number of nitrogens with one attached hydrogen (secondary N) is 3. The summed E-state index contributed by atoms with van der Waals surface area (Å²) in [5.41, 5.74) is 1.02. The first kappa shape index (κ1) is 33.7. The summed E-state index contributed by atoms with van der Waals surface area (Å²) >= 11 is 0. The van der Waals surface area contributed by atoms with Gasteiger partial charge in [-0.15, -0.1) is 0 Å². The lowest BCUT2D eigenvalue weighted by molar-refractivity contribution is -0.120. The van der Waals surface area contributed by atoms with Gasteiger partial charge >= 0.3 is 0 Å². The summed E-state index contributed by atoms with van der Waals surface area (Å²) in [6, 6.07) is 21.9. The van der Waals surface area contributed by atoms with Crippen LogP contribution in [0.2, 0.25) is 0 Å². The summed E-state index contributed by atoms with van der Waals surface area (Å²) in [5.74, 6) is -1.64. The summed E-state index contributed by atoms with van der Waals surface area (Å²) in [5, 5.41) is 10.3. The van der Waals surface area contributed by atoms with Gasteiger partial charge in [-0.05, 0) is 78.2 Å². The fourth-order valence-corrected chi connectivity index (χ4v) is 7.05. The molecule has 0 radical (unpaired) electrons. The SMILES string of the molecule is O=C(Nc1cccc2cc(S(=O)(=O)O)ccc12)c1cc(NC(=O)C2CCCCC2)cc(C(=O)Nc2cccc3cc(S(=O)(=O)O)ccc23)c1. The quantitative estimate of drug-likeness (QED) is 0.112. The smallest absolute Gasteiger partial charge is 0.294 e. The molecule has 49 heavy (non-hydrogen) atoms. The van der Waals surface area contributed by atoms with E-state index in [1.54, 1.807) is 36.4 Å². The van der Waals surface area contributed by atoms with Gasteiger partial charge in [0.25, 0.3) is 32.1 Å². The average Bonchev–Trinajstić information content (AvgIpc) is 3.07. The maximum Gasteiger partial charge on any atom is 0.294 e. The first-order valence-electron chi connectivity index (χ1n) is 15.4. The Morgan fingerprint density at radius 3 is 1.49 bits per heavy atom. The molecule has 0 aliphatic heterocycles. The molecule has 1 fully saturated rings. The predicted molar refractivity (Wildman–Crippen MR) is 185 cm³/mol. The molecule has 0 bridgehead atoms. The minimum atomic E-state index is -4.45. The lowest BCUT2D eigenvalue weighted by atomic mass is 9.88. The van der Waals surface area contributed by atoms with Crippen molar-refractivity contribution >= 4 is 76.6 Å². The van der Waals surface area contributed by atoms with Crippen molar-refractivity contribution in [2.24, 2.45) is 5.92 Å². The van der Waals surface area contributed by atoms with Crippen molar-refractivity contribution in [3.05, 3.63) is 102 Å². The van der Waals surface area contributed by atoms with Crippen molar-refractivity contribution in [3.8, 4) is 0 Å². The Balaban J connectivity index is 1.33. The molecule has 0 aromatic heterocycles. The largest absolute Gasteiger partial charge is 0.326 e. The molecule has 1 aliphatic rings. The van der Waals surface area contributed by atoms with Gasteiger partial charge in [0.15, 0.2) is 0 Å². The Hall–Kier alpha value is -5.15. The van der Waals surface area contributed by atoms with Gasteiger partial charge in [0, 0.05) is 44.9 Å². The number of carbonyl (C=O) groups is 3. The van der Waals surface area contributed by atoms with Crippen LogP contribution in [0.4, 0.5) is 17.1 Å². The van der Waals surface area contributed by atoms with Crippen LogP contribution in [0.3, 0.4) is 0 Å². The summed E-state index contributed by atoms with van der Waals surface area (Å²) in [6.07, 6.45) is 4.39. The van der Waals surface area contributed by atoms with Crippen LogP contribution < -0.4 is 16.0 Å². The summed E-state index contributed by atoms with van der Waals surface area (Å²) in [6.45, 7) is 0. The van der Waals surface area contributed by atoms with Crippen LogP contribution in [0.15, 0.2) is 101 Å². The lowest BCUT2D eigenvalue weighted by Crippen LogP contribution is -2.25. The molecule has 5 aromatic carbocycles. The van der Waals surface area contributed by atoms with Crippen molar-refractivity contribution in [2.75, 3.05) is 16.0 Å². The molecular weight excluding hydrogens is 671 g/mol. The molecule has 14 heteroatoms. The zero-order valence-electron chi connectivity index (χ0n) is 25.8. The van der Waals surface area contributed by atoms with Gasteiger partial charge in [-0.25, -0.2) is 0 Å². The highest BCUT2D eigenvalue weighted by Crippen LogP contribution is 2.30. The first-order chi connectivity index (χ1) is 23.3. The third kappa shape index (κ3) is 7.62. The normalized spacial score (nSPS) is 14.0. The highest BCUT2D eigenvalue weighted by Gasteiger charge is 2.23. The van der Waals surface area contributed by atoms with E-state index >= 15 is 0 Å². The van der Waals surface area contributed by atoms with Gasteiger partial charge in [-0.2, -0.15) is 16.8 Å². The standard InChI is InChI=1S/C35H31N3O9S2/c39-33(21-6-2-1-3-7-21)36-26-17-24(34(40)37-31-10-4-8-22-19-27(48(42,43)44)12-14-29(22)31)16-25(18-26)35(41)38-32-11-5-9-23-20-28(49(45,46)47)13-15-30(23)32/h4-5,8-21H,1-3,6-7H2,(H,36,39)(H,37,40)(H,38,41)(H,42,43,44)(H,45,46,47). The van der Waals surface area contributed by atoms with Crippen LogP contribution in [0.25, 0.3) is 21.5 Å². The first-order valence-corrected chi connectivity index (χ1v) is 18.2. The van der Waals surface area contributed by atoms with Crippen molar-refractivity contribution in [1.82, 2.24) is 0 Å². The number of benzene rings is 5. The van der Waals surface area contributed by atoms with Crippen molar-refractivity contribution < 1.29 is 40.3 Å². The Bertz CT molecular complexity index is 2220. The van der Waals surface area contributed by atoms with Gasteiger partial charge in [0.2, 0.25) is 5.91 Å². The van der Waals surface area contributed by atoms with Crippen molar-refractivity contribution in [1.29, 1.82) is 0 Å². The Labute approximate surface area is 282 Å². The molecule has 252 valence electrons. The molecule has 1 aliphatic carbocycles. The maximum absolute atomic E-state index is 13.7. The molecule has 12 nitrogen and oxygen atoms in total. The highest BCUT2D eigenvalue weighted by atomic mass is 32.2. The second-order valence-electron chi connectivity index (χ2n) is 11.9. The van der Waals surface area contributed by atoms with Gasteiger partial charge in [0.05, 0.1) is 9.79 Å². The predicted octanol–water partition coefficient (Wildman–Crippen LogP) is 6.51. The van der Waals surface area contributed by atoms with E-state index in [4.69, 9.17) is 0 Å². The lowest BCUT2D eigenvalue weighted by Gasteiger charge is -2.21. The molecule has 5 aromatic rings. The van der Waals surface area contributed by atoms with Gasteiger partial charge < -0.3 is 16.0 Å². The molecule has 3 amide bonds. The molecule has 0 atom stereocenters. The molecule has 6 rings (SSSR count). The number of hydrogen-bond donors (Lipinski definition) is 5. The minimum absolute atomic E-state index is 0.0499. The molecule has 5 N–H and O–H groups in total. The number of anilines is 3. The van der Waals surface area contributed by atoms with E-state index in [-0.39, 0.29) is 38.4 Å². The second-order valence-corrected chi connectivity index (χ2v) is 14.7. The maximum atomic E-state index is 13.7. The van der Waals surface area contributed by atoms with Crippen molar-refractivity contribution in [2.45, 2.75) is 41.9 Å². The molecule has 0 heterocycles. The van der Waals surface area contributed by atoms with Crippen LogP contribution in [-0.4, -0.2) is 43.7 Å². The Morgan fingerprint density at radius 1 is 0.571 bits per heavy atom. The van der Waals surface area contributed by atoms with Gasteiger partial charge in [0.1, 0.15) is 0 Å². The zero-order chi connectivity index (χ0) is 34.9. The van der Waals surface area contributed by atoms with Crippen LogP contribution in [-0.2, 0) is 25.0 Å². The zero-order valence-corrected chi connectivity index (χ0v) is 27.5. The summed E-state index contributed by atoms with van der Waals surface area (Å²) in [4.78, 5) is 39.9. The molecule has 0 unspecified atom stereocenters. The number of amides is 3. The Morgan fingerprint density at radius 2 is 1.04 bits per heavy atom. The summed E-state index contributed by atoms with van der Waals surface area (Å²) in [7, 11) is -8.89. The van der Waals surface area contributed by atoms with E-state index in [0.717, 1.165) is 32.1 Å². The third-order valence-electron chi connectivity index (χ3n) is 8.50. The van der Waals surface area contributed by atoms with Crippen LogP contribution in [0, 0.1) is 5.92 Å². The van der Waals surface area contributed by atoms with E-state index < -0.39 is 32.1 Å². The highest BCUT2D eigenvalue weighted by molar-refractivity contribution is 7.86. The summed E-state index contributed by atoms with van der Waals surface area (Å²) < 4.78 is 65.5. The Kier molecular flexibility index (Phi) is 9.22. The van der Waals surface area contributed by atoms with Gasteiger partial charge in [-0.3, -0.25) is 23.5 Å². The van der Waals surface area contributed by atoms with E-state index in [1.807, 2.05) is 0 Å². The van der Waals surface area contributed by atoms with Crippen LogP contribution in [0.1, 0.15) is 52.8 Å². The molecule has 0 saturated heterocycles. The fraction of sp³-hybridized carbons (Fsp3) is 0.171. The van der Waals surface area contributed by atoms with Gasteiger partial charge in [-0.1, -0.05) is 55.7 Å². The molecule has 1 saturated carbocycles. The second kappa shape index (κ2) is 13.4. The number of fused-ring (bicyclic) bond motifs is 2. The van der Waals surface area contributed by atoms with Crippen LogP contribution >= 0.6 is 0 Å². The topological polar surface area (TPSA) is 196 Å². The minimum Gasteiger partial charge on any atom is -0.326 e. The monoisotopic (exact) mass is 701 g/mol. The fourth-order valence-electron chi connectivity index (χ4n) is 6.02. The molecular formula is C35H31N3O9S2. The third-order valence-corrected chi connectivity index (χ3v) is 10.2. The average molecular weight is 702 g/mol. The van der Waals surface area contributed by atoms with E-state index in [2.05, 4.69) is 16.0 Å². The van der Waals surface area contributed by atoms with E-state index in [0.29, 0.717) is 32.9 Å². The van der Waals surface area contributed by atoms with E-state index in [9.17, 15) is 40.3 Å².